The van der Waals surface area contributed by atoms with Gasteiger partial charge in [-0.05, 0) is 36.2 Å². The molecule has 33 heavy (non-hydrogen) atoms. The number of carbonyl (C=O) groups is 1. The first kappa shape index (κ1) is 23.8. The molecule has 0 aliphatic heterocycles. The van der Waals surface area contributed by atoms with Gasteiger partial charge in [-0.15, -0.1) is 0 Å². The number of amides is 1. The number of benzene rings is 2. The summed E-state index contributed by atoms with van der Waals surface area (Å²) in [5.74, 6) is -0.00369. The average molecular weight is 471 g/mol. The van der Waals surface area contributed by atoms with Crippen molar-refractivity contribution in [1.29, 1.82) is 0 Å². The summed E-state index contributed by atoms with van der Waals surface area (Å²) in [5, 5.41) is 0.535. The Morgan fingerprint density at radius 3 is 2.61 bits per heavy atom. The average Bonchev–Trinajstić information content (AvgIpc) is 2.76. The van der Waals surface area contributed by atoms with Gasteiger partial charge in [-0.1, -0.05) is 12.1 Å². The molecule has 3 aromatic rings. The summed E-state index contributed by atoms with van der Waals surface area (Å²) in [4.78, 5) is 29.3. The Morgan fingerprint density at radius 1 is 1.24 bits per heavy atom. The predicted molar refractivity (Wildman–Crippen MR) is 124 cm³/mol. The zero-order valence-electron chi connectivity index (χ0n) is 18.4. The molecule has 0 radical (unpaired) electrons. The van der Waals surface area contributed by atoms with Crippen molar-refractivity contribution in [2.75, 3.05) is 25.9 Å². The van der Waals surface area contributed by atoms with Crippen LogP contribution < -0.4 is 19.8 Å². The molecular formula is C22H22N4O6S. The first-order chi connectivity index (χ1) is 15.5. The minimum Gasteiger partial charge on any atom is -0.422 e. The highest BCUT2D eigenvalue weighted by Gasteiger charge is 2.18. The lowest BCUT2D eigenvalue weighted by Gasteiger charge is -2.14. The van der Waals surface area contributed by atoms with E-state index in [9.17, 15) is 18.0 Å². The Balaban J connectivity index is 2.03. The lowest BCUT2D eigenvalue weighted by Crippen LogP contribution is -2.26. The smallest absolute Gasteiger partial charge is 0.413 e. The minimum absolute atomic E-state index is 0.00369. The molecule has 1 aromatic heterocycles. The van der Waals surface area contributed by atoms with Crippen LogP contribution in [0.4, 0.5) is 16.2 Å². The summed E-state index contributed by atoms with van der Waals surface area (Å²) in [6.07, 6.45) is -0.479. The number of nitrogens with one attached hydrogen (secondary N) is 2. The van der Waals surface area contributed by atoms with E-state index in [1.54, 1.807) is 31.2 Å². The topological polar surface area (TPSA) is 122 Å². The van der Waals surface area contributed by atoms with Gasteiger partial charge in [0, 0.05) is 44.6 Å². The normalized spacial score (nSPS) is 11.1. The maximum Gasteiger partial charge on any atom is 0.413 e. The summed E-state index contributed by atoms with van der Waals surface area (Å²) in [7, 11) is 0.631. The zero-order chi connectivity index (χ0) is 24.3. The molecule has 3 rings (SSSR count). The number of aryl methyl sites for hydroxylation is 1. The summed E-state index contributed by atoms with van der Waals surface area (Å²) in [5.41, 5.74) is 1.70. The highest BCUT2D eigenvalue weighted by atomic mass is 32.2. The number of nitrogens with zero attached hydrogens (tertiary/aromatic N) is 2. The van der Waals surface area contributed by atoms with Crippen LogP contribution in [0.3, 0.4) is 0 Å². The molecule has 2 N–H and O–H groups in total. The molecule has 1 amide bonds. The minimum atomic E-state index is -3.68. The second-order valence-corrected chi connectivity index (χ2v) is 8.99. The van der Waals surface area contributed by atoms with Gasteiger partial charge in [-0.3, -0.25) is 4.72 Å². The second-order valence-electron chi connectivity index (χ2n) is 7.37. The van der Waals surface area contributed by atoms with E-state index in [-0.39, 0.29) is 23.4 Å². The molecule has 11 heteroatoms. The monoisotopic (exact) mass is 470 g/mol. The quantitative estimate of drug-likeness (QED) is 0.421. The Bertz CT molecular complexity index is 1440. The van der Waals surface area contributed by atoms with E-state index in [0.29, 0.717) is 27.8 Å². The van der Waals surface area contributed by atoms with Gasteiger partial charge in [-0.25, -0.2) is 19.2 Å². The molecule has 0 aliphatic carbocycles. The van der Waals surface area contributed by atoms with E-state index in [1.165, 1.54) is 38.2 Å². The highest BCUT2D eigenvalue weighted by Crippen LogP contribution is 2.35. The maximum atomic E-state index is 12.7. The van der Waals surface area contributed by atoms with Gasteiger partial charge in [0.15, 0.2) is 0 Å². The molecule has 10 nitrogen and oxygen atoms in total. The second kappa shape index (κ2) is 9.32. The number of hydrogen-bond acceptors (Lipinski definition) is 6. The van der Waals surface area contributed by atoms with Crippen LogP contribution in [0.5, 0.6) is 5.75 Å². The van der Waals surface area contributed by atoms with Crippen molar-refractivity contribution >= 4 is 38.6 Å². The fourth-order valence-corrected chi connectivity index (χ4v) is 3.66. The Labute approximate surface area is 190 Å². The third kappa shape index (κ3) is 5.31. The van der Waals surface area contributed by atoms with Crippen molar-refractivity contribution in [1.82, 2.24) is 9.62 Å². The van der Waals surface area contributed by atoms with E-state index in [0.717, 1.165) is 0 Å². The van der Waals surface area contributed by atoms with E-state index in [2.05, 4.69) is 14.3 Å². The zero-order valence-corrected chi connectivity index (χ0v) is 19.2. The van der Waals surface area contributed by atoms with E-state index in [4.69, 9.17) is 15.7 Å². The lowest BCUT2D eigenvalue weighted by atomic mass is 9.99. The molecule has 0 spiro atoms. The summed E-state index contributed by atoms with van der Waals surface area (Å²) >= 11 is 0. The third-order valence-electron chi connectivity index (χ3n) is 4.88. The van der Waals surface area contributed by atoms with Crippen molar-refractivity contribution in [3.05, 3.63) is 74.9 Å². The molecule has 0 bridgehead atoms. The predicted octanol–water partition coefficient (Wildman–Crippen LogP) is 3.18. The van der Waals surface area contributed by atoms with Crippen molar-refractivity contribution in [3.8, 4) is 5.75 Å². The number of fused-ring (bicyclic) bond motifs is 1. The van der Waals surface area contributed by atoms with E-state index < -0.39 is 21.9 Å². The van der Waals surface area contributed by atoms with Gasteiger partial charge < -0.3 is 14.1 Å². The van der Waals surface area contributed by atoms with Crippen LogP contribution in [0, 0.1) is 13.5 Å². The van der Waals surface area contributed by atoms with Crippen LogP contribution in [0.1, 0.15) is 16.7 Å². The standard InChI is InChI=1S/C22H22N4O6S/c1-13-16-11-18(23-2)20(32-22(28)26(4)5)12-19(16)31-21(27)17(13)10-14-7-6-8-15(9-14)25-33(29,30)24-3/h6-9,11-12,24-25H,10H2,1,3-5H3. The number of carbonyl (C=O) groups excluding carboxylic acids is 1. The van der Waals surface area contributed by atoms with Crippen LogP contribution in [0.15, 0.2) is 45.6 Å². The molecule has 0 atom stereocenters. The SMILES string of the molecule is [C-]#[N+]c1cc2c(C)c(Cc3cccc(NS(=O)(=O)NC)c3)c(=O)oc2cc1OC(=O)N(C)C. The molecule has 0 unspecified atom stereocenters. The van der Waals surface area contributed by atoms with Crippen molar-refractivity contribution in [3.63, 3.8) is 0 Å². The van der Waals surface area contributed by atoms with Gasteiger partial charge in [0.2, 0.25) is 5.69 Å². The largest absolute Gasteiger partial charge is 0.422 e. The van der Waals surface area contributed by atoms with Gasteiger partial charge >= 0.3 is 11.7 Å². The molecule has 0 fully saturated rings. The Hall–Kier alpha value is -3.88. The van der Waals surface area contributed by atoms with Crippen LogP contribution in [0.25, 0.3) is 15.8 Å². The molecular weight excluding hydrogens is 448 g/mol. The van der Waals surface area contributed by atoms with Crippen molar-refractivity contribution < 1.29 is 22.4 Å². The Kier molecular flexibility index (Phi) is 6.71. The van der Waals surface area contributed by atoms with Crippen LogP contribution in [-0.2, 0) is 16.6 Å². The summed E-state index contributed by atoms with van der Waals surface area (Å²) < 4.78 is 38.7. The van der Waals surface area contributed by atoms with Gasteiger partial charge in [0.1, 0.15) is 11.3 Å². The van der Waals surface area contributed by atoms with E-state index >= 15 is 0 Å². The van der Waals surface area contributed by atoms with Gasteiger partial charge in [-0.2, -0.15) is 8.42 Å². The third-order valence-corrected chi connectivity index (χ3v) is 5.92. The number of ether oxygens (including phenoxy) is 1. The van der Waals surface area contributed by atoms with Crippen molar-refractivity contribution in [2.45, 2.75) is 13.3 Å². The molecule has 172 valence electrons. The molecule has 0 aliphatic rings. The van der Waals surface area contributed by atoms with Crippen molar-refractivity contribution in [2.24, 2.45) is 0 Å². The molecule has 2 aromatic carbocycles. The molecule has 0 saturated heterocycles. The Morgan fingerprint density at radius 2 is 1.97 bits per heavy atom. The van der Waals surface area contributed by atoms with Crippen LogP contribution in [0.2, 0.25) is 0 Å². The van der Waals surface area contributed by atoms with Gasteiger partial charge in [0.25, 0.3) is 10.2 Å². The van der Waals surface area contributed by atoms with E-state index in [1.807, 2.05) is 0 Å². The van der Waals surface area contributed by atoms with Crippen LogP contribution >= 0.6 is 0 Å². The first-order valence-corrected chi connectivity index (χ1v) is 11.2. The molecule has 0 saturated carbocycles. The highest BCUT2D eigenvalue weighted by molar-refractivity contribution is 7.90. The molecule has 1 heterocycles. The summed E-state index contributed by atoms with van der Waals surface area (Å²) in [6, 6.07) is 9.51. The first-order valence-electron chi connectivity index (χ1n) is 9.71. The summed E-state index contributed by atoms with van der Waals surface area (Å²) in [6.45, 7) is 9.17. The van der Waals surface area contributed by atoms with Crippen LogP contribution in [-0.4, -0.2) is 40.6 Å². The number of hydrogen-bond donors (Lipinski definition) is 2. The fourth-order valence-electron chi connectivity index (χ4n) is 3.12. The fraction of sp³-hybridized carbons (Fsp3) is 0.227. The number of rotatable bonds is 6. The lowest BCUT2D eigenvalue weighted by molar-refractivity contribution is 0.172. The number of anilines is 1. The maximum absolute atomic E-state index is 12.7. The van der Waals surface area contributed by atoms with Gasteiger partial charge in [0.05, 0.1) is 12.3 Å².